The first kappa shape index (κ1) is 23.3. The second-order valence-corrected chi connectivity index (χ2v) is 11.2. The number of pyridine rings is 1. The van der Waals surface area contributed by atoms with Crippen LogP contribution in [0.3, 0.4) is 0 Å². The smallest absolute Gasteiger partial charge is 0.220 e. The molecule has 0 saturated carbocycles. The van der Waals surface area contributed by atoms with E-state index in [0.717, 1.165) is 19.3 Å². The van der Waals surface area contributed by atoms with Crippen molar-refractivity contribution < 1.29 is 4.57 Å². The van der Waals surface area contributed by atoms with E-state index in [1.54, 1.807) is 5.56 Å². The molecule has 1 atom stereocenters. The van der Waals surface area contributed by atoms with E-state index in [2.05, 4.69) is 95.7 Å². The lowest BCUT2D eigenvalue weighted by Crippen LogP contribution is -2.68. The Hall–Kier alpha value is -1.83. The Morgan fingerprint density at radius 2 is 1.66 bits per heavy atom. The number of unbranched alkanes of at least 4 members (excludes halogenated alkanes) is 2. The Kier molecular flexibility index (Phi) is 5.75. The topological polar surface area (TPSA) is 8.29 Å². The summed E-state index contributed by atoms with van der Waals surface area (Å²) in [5.74, 6) is 0. The summed E-state index contributed by atoms with van der Waals surface area (Å²) in [7, 11) is 0. The van der Waals surface area contributed by atoms with Gasteiger partial charge in [0, 0.05) is 24.8 Å². The third kappa shape index (κ3) is 2.80. The van der Waals surface area contributed by atoms with Gasteiger partial charge in [0.15, 0.2) is 0 Å². The van der Waals surface area contributed by atoms with Crippen LogP contribution in [-0.2, 0) is 16.4 Å². The average molecular weight is 434 g/mol. The Labute approximate surface area is 196 Å². The van der Waals surface area contributed by atoms with Crippen LogP contribution in [0.4, 0.5) is 0 Å². The molecule has 2 heteroatoms. The number of nitrogens with zero attached hydrogens (tertiary/aromatic N) is 2. The molecular formula is C30H45N2+. The van der Waals surface area contributed by atoms with Gasteiger partial charge in [0.05, 0.1) is 5.39 Å². The van der Waals surface area contributed by atoms with Gasteiger partial charge in [-0.25, -0.2) is 4.57 Å². The predicted molar refractivity (Wildman–Crippen MR) is 138 cm³/mol. The summed E-state index contributed by atoms with van der Waals surface area (Å²) in [4.78, 5) is 0. The molecule has 3 aromatic rings. The fourth-order valence-electron chi connectivity index (χ4n) is 7.21. The molecule has 0 amide bonds. The maximum Gasteiger partial charge on any atom is 0.295 e. The molecule has 0 radical (unpaired) electrons. The van der Waals surface area contributed by atoms with E-state index >= 15 is 0 Å². The molecule has 0 fully saturated rings. The third-order valence-electron chi connectivity index (χ3n) is 9.56. The third-order valence-corrected chi connectivity index (χ3v) is 9.56. The summed E-state index contributed by atoms with van der Waals surface area (Å²) in [6, 6.07) is 7.18. The Morgan fingerprint density at radius 1 is 0.969 bits per heavy atom. The SMILES string of the molecule is CCCCCC(C)(C)c1cn2c(C)c(C)[n+]3c2c2c(cccc12)C(C)(CC)C3(CC)CC. The van der Waals surface area contributed by atoms with Crippen molar-refractivity contribution in [3.05, 3.63) is 46.9 Å². The number of aryl methyl sites for hydroxylation is 1. The maximum atomic E-state index is 2.76. The van der Waals surface area contributed by atoms with E-state index in [1.165, 1.54) is 59.1 Å². The van der Waals surface area contributed by atoms with Gasteiger partial charge in [-0.3, -0.25) is 0 Å². The van der Waals surface area contributed by atoms with E-state index in [0.29, 0.717) is 0 Å². The van der Waals surface area contributed by atoms with Crippen LogP contribution in [0.15, 0.2) is 24.4 Å². The normalized spacial score (nSPS) is 20.0. The maximum absolute atomic E-state index is 2.76. The van der Waals surface area contributed by atoms with Gasteiger partial charge >= 0.3 is 0 Å². The van der Waals surface area contributed by atoms with Crippen molar-refractivity contribution in [3.8, 4) is 0 Å². The Bertz CT molecular complexity index is 1160. The number of hydrogen-bond acceptors (Lipinski definition) is 0. The molecule has 4 rings (SSSR count). The second kappa shape index (κ2) is 7.89. The summed E-state index contributed by atoms with van der Waals surface area (Å²) < 4.78 is 5.31. The van der Waals surface area contributed by atoms with Crippen LogP contribution in [0.5, 0.6) is 0 Å². The minimum atomic E-state index is 0.102. The first-order valence-corrected chi connectivity index (χ1v) is 13.2. The minimum Gasteiger partial charge on any atom is -0.220 e. The molecular weight excluding hydrogens is 388 g/mol. The summed E-state index contributed by atoms with van der Waals surface area (Å²) in [6.45, 7) is 21.6. The average Bonchev–Trinajstić information content (AvgIpc) is 3.04. The highest BCUT2D eigenvalue weighted by atomic mass is 15.2. The zero-order valence-electron chi connectivity index (χ0n) is 22.2. The highest BCUT2D eigenvalue weighted by Crippen LogP contribution is 2.52. The quantitative estimate of drug-likeness (QED) is 0.251. The highest BCUT2D eigenvalue weighted by molar-refractivity contribution is 5.99. The van der Waals surface area contributed by atoms with Gasteiger partial charge in [-0.2, -0.15) is 4.40 Å². The van der Waals surface area contributed by atoms with Crippen LogP contribution in [0.1, 0.15) is 116 Å². The molecule has 1 unspecified atom stereocenters. The van der Waals surface area contributed by atoms with E-state index in [9.17, 15) is 0 Å². The molecule has 174 valence electrons. The van der Waals surface area contributed by atoms with Gasteiger partial charge in [-0.05, 0) is 42.0 Å². The highest BCUT2D eigenvalue weighted by Gasteiger charge is 2.56. The largest absolute Gasteiger partial charge is 0.295 e. The lowest BCUT2D eigenvalue weighted by molar-refractivity contribution is -0.760. The fourth-order valence-corrected chi connectivity index (χ4v) is 7.21. The molecule has 2 aromatic heterocycles. The molecule has 0 bridgehead atoms. The van der Waals surface area contributed by atoms with E-state index in [1.807, 2.05) is 0 Å². The molecule has 1 aliphatic heterocycles. The molecule has 32 heavy (non-hydrogen) atoms. The first-order chi connectivity index (χ1) is 15.1. The van der Waals surface area contributed by atoms with Crippen LogP contribution >= 0.6 is 0 Å². The van der Waals surface area contributed by atoms with Crippen LogP contribution < -0.4 is 4.57 Å². The van der Waals surface area contributed by atoms with Gasteiger partial charge in [-0.15, -0.1) is 0 Å². The molecule has 0 aliphatic carbocycles. The van der Waals surface area contributed by atoms with Gasteiger partial charge in [0.2, 0.25) is 0 Å². The van der Waals surface area contributed by atoms with Gasteiger partial charge in [0.25, 0.3) is 5.65 Å². The minimum absolute atomic E-state index is 0.102. The zero-order valence-corrected chi connectivity index (χ0v) is 22.2. The van der Waals surface area contributed by atoms with E-state index in [-0.39, 0.29) is 16.4 Å². The van der Waals surface area contributed by atoms with Gasteiger partial charge in [0.1, 0.15) is 23.1 Å². The fraction of sp³-hybridized carbons (Fsp3) is 0.633. The second-order valence-electron chi connectivity index (χ2n) is 11.2. The van der Waals surface area contributed by atoms with Crippen molar-refractivity contribution in [3.63, 3.8) is 0 Å². The van der Waals surface area contributed by atoms with E-state index < -0.39 is 0 Å². The molecule has 0 spiro atoms. The number of imidazole rings is 1. The molecule has 2 nitrogen and oxygen atoms in total. The molecule has 0 N–H and O–H groups in total. The molecule has 1 aromatic carbocycles. The van der Waals surface area contributed by atoms with Crippen molar-refractivity contribution in [2.24, 2.45) is 0 Å². The molecule has 0 saturated heterocycles. The number of rotatable bonds is 8. The summed E-state index contributed by atoms with van der Waals surface area (Å²) in [5.41, 5.74) is 7.71. The number of hydrogen-bond donors (Lipinski definition) is 0. The van der Waals surface area contributed by atoms with Gasteiger partial charge < -0.3 is 0 Å². The van der Waals surface area contributed by atoms with Crippen molar-refractivity contribution in [2.45, 2.75) is 124 Å². The van der Waals surface area contributed by atoms with Crippen LogP contribution in [0.25, 0.3) is 16.4 Å². The first-order valence-electron chi connectivity index (χ1n) is 13.2. The standard InChI is InChI=1S/C30H45N2/c1-10-14-15-19-28(7,8)25-20-31-21(5)22(6)32-27(31)26-23(25)17-16-18-24(26)29(9,11-2)30(32,12-3)13-4/h16-18,20H,10-15,19H2,1-9H3/q+1. The number of benzene rings is 1. The Morgan fingerprint density at radius 3 is 2.25 bits per heavy atom. The van der Waals surface area contributed by atoms with E-state index in [4.69, 9.17) is 0 Å². The van der Waals surface area contributed by atoms with Crippen molar-refractivity contribution >= 4 is 16.4 Å². The summed E-state index contributed by atoms with van der Waals surface area (Å²) in [6.07, 6.45) is 11.1. The lowest BCUT2D eigenvalue weighted by Gasteiger charge is -2.49. The zero-order chi connectivity index (χ0) is 23.5. The Balaban J connectivity index is 2.18. The lowest BCUT2D eigenvalue weighted by atomic mass is 9.59. The van der Waals surface area contributed by atoms with Crippen LogP contribution in [0.2, 0.25) is 0 Å². The van der Waals surface area contributed by atoms with Crippen LogP contribution in [0, 0.1) is 13.8 Å². The predicted octanol–water partition coefficient (Wildman–Crippen LogP) is 8.05. The van der Waals surface area contributed by atoms with Crippen molar-refractivity contribution in [1.82, 2.24) is 4.40 Å². The summed E-state index contributed by atoms with van der Waals surface area (Å²) >= 11 is 0. The van der Waals surface area contributed by atoms with Crippen molar-refractivity contribution in [2.75, 3.05) is 0 Å². The van der Waals surface area contributed by atoms with Crippen molar-refractivity contribution in [1.29, 1.82) is 0 Å². The van der Waals surface area contributed by atoms with Crippen LogP contribution in [-0.4, -0.2) is 4.40 Å². The monoisotopic (exact) mass is 433 g/mol. The molecule has 1 aliphatic rings. The summed E-state index contributed by atoms with van der Waals surface area (Å²) in [5, 5.41) is 2.98. The molecule has 3 heterocycles. The number of aromatic nitrogens is 2. The van der Waals surface area contributed by atoms with Gasteiger partial charge in [-0.1, -0.05) is 85.9 Å².